The number of benzene rings is 1. The van der Waals surface area contributed by atoms with Gasteiger partial charge in [0.15, 0.2) is 5.96 Å². The fourth-order valence-electron chi connectivity index (χ4n) is 2.90. The molecule has 0 spiro atoms. The largest absolute Gasteiger partial charge is 0.396 e. The van der Waals surface area contributed by atoms with Gasteiger partial charge in [-0.05, 0) is 43.4 Å². The molecule has 1 aliphatic heterocycles. The smallest absolute Gasteiger partial charge is 0.191 e. The molecule has 140 valence electrons. The van der Waals surface area contributed by atoms with Crippen molar-refractivity contribution in [2.45, 2.75) is 39.3 Å². The van der Waals surface area contributed by atoms with Crippen molar-refractivity contribution in [1.29, 1.82) is 0 Å². The van der Waals surface area contributed by atoms with Crippen LogP contribution in [0, 0.1) is 5.92 Å². The second-order valence-corrected chi connectivity index (χ2v) is 7.27. The molecular weight excluding hydrogens is 336 g/mol. The van der Waals surface area contributed by atoms with E-state index in [4.69, 9.17) is 16.7 Å². The van der Waals surface area contributed by atoms with Crippen molar-refractivity contribution in [1.82, 2.24) is 15.5 Å². The van der Waals surface area contributed by atoms with E-state index in [1.807, 2.05) is 19.1 Å². The molecule has 1 heterocycles. The number of guanidine groups is 1. The molecule has 2 rings (SSSR count). The van der Waals surface area contributed by atoms with Gasteiger partial charge in [-0.25, -0.2) is 0 Å². The number of aliphatic imine (C=N–C) groups is 1. The van der Waals surface area contributed by atoms with Gasteiger partial charge in [-0.2, -0.15) is 0 Å². The summed E-state index contributed by atoms with van der Waals surface area (Å²) in [5, 5.41) is 16.8. The summed E-state index contributed by atoms with van der Waals surface area (Å²) in [7, 11) is 0. The monoisotopic (exact) mass is 366 g/mol. The molecule has 0 amide bonds. The number of nitrogens with zero attached hydrogens (tertiary/aromatic N) is 2. The Hall–Kier alpha value is -1.30. The Bertz CT molecular complexity index is 527. The molecule has 25 heavy (non-hydrogen) atoms. The number of likely N-dealkylation sites (tertiary alicyclic amines) is 1. The highest BCUT2D eigenvalue weighted by Crippen LogP contribution is 2.16. The molecule has 0 aliphatic carbocycles. The van der Waals surface area contributed by atoms with E-state index in [-0.39, 0.29) is 12.5 Å². The number of hydrogen-bond donors (Lipinski definition) is 3. The molecule has 0 aromatic heterocycles. The molecule has 1 atom stereocenters. The van der Waals surface area contributed by atoms with E-state index in [1.54, 1.807) is 0 Å². The van der Waals surface area contributed by atoms with E-state index < -0.39 is 0 Å². The number of halogens is 1. The first kappa shape index (κ1) is 20.0. The van der Waals surface area contributed by atoms with Crippen molar-refractivity contribution in [2.24, 2.45) is 10.9 Å². The van der Waals surface area contributed by atoms with Gasteiger partial charge in [-0.3, -0.25) is 9.89 Å². The quantitative estimate of drug-likeness (QED) is 0.512. The summed E-state index contributed by atoms with van der Waals surface area (Å²) in [6, 6.07) is 8.56. The number of piperidine rings is 1. The van der Waals surface area contributed by atoms with Gasteiger partial charge in [-0.1, -0.05) is 30.7 Å². The third kappa shape index (κ3) is 7.22. The third-order valence-corrected chi connectivity index (χ3v) is 4.72. The molecule has 1 aromatic rings. The van der Waals surface area contributed by atoms with Crippen LogP contribution in [0.3, 0.4) is 0 Å². The van der Waals surface area contributed by atoms with Gasteiger partial charge in [0.25, 0.3) is 0 Å². The van der Waals surface area contributed by atoms with Crippen LogP contribution < -0.4 is 10.6 Å². The van der Waals surface area contributed by atoms with E-state index >= 15 is 0 Å². The Kier molecular flexibility index (Phi) is 8.52. The number of rotatable bonds is 7. The van der Waals surface area contributed by atoms with Gasteiger partial charge in [0.05, 0.1) is 0 Å². The number of aliphatic hydroxyl groups is 1. The molecule has 1 saturated heterocycles. The number of nitrogens with one attached hydrogen (secondary N) is 2. The molecule has 0 saturated carbocycles. The minimum absolute atomic E-state index is 0.173. The fourth-order valence-corrected chi connectivity index (χ4v) is 3.03. The van der Waals surface area contributed by atoms with Crippen LogP contribution in [-0.2, 0) is 6.54 Å². The third-order valence-electron chi connectivity index (χ3n) is 4.46. The maximum absolute atomic E-state index is 9.14. The first-order chi connectivity index (χ1) is 12.1. The topological polar surface area (TPSA) is 59.9 Å². The van der Waals surface area contributed by atoms with Crippen LogP contribution in [0.4, 0.5) is 0 Å². The van der Waals surface area contributed by atoms with Gasteiger partial charge in [0.1, 0.15) is 0 Å². The molecule has 5 nitrogen and oxygen atoms in total. The summed E-state index contributed by atoms with van der Waals surface area (Å²) in [6.07, 6.45) is 2.21. The van der Waals surface area contributed by atoms with Crippen molar-refractivity contribution in [2.75, 3.05) is 32.8 Å². The normalized spacial score (nSPS) is 18.2. The van der Waals surface area contributed by atoms with Gasteiger partial charge < -0.3 is 15.7 Å². The van der Waals surface area contributed by atoms with E-state index in [0.29, 0.717) is 12.6 Å². The molecule has 1 fully saturated rings. The summed E-state index contributed by atoms with van der Waals surface area (Å²) >= 11 is 5.95. The second kappa shape index (κ2) is 10.6. The van der Waals surface area contributed by atoms with Crippen LogP contribution in [0.25, 0.3) is 0 Å². The molecular formula is C19H31ClN4O. The first-order valence-corrected chi connectivity index (χ1v) is 9.61. The van der Waals surface area contributed by atoms with Crippen molar-refractivity contribution in [3.63, 3.8) is 0 Å². The molecule has 1 unspecified atom stereocenters. The molecule has 0 bridgehead atoms. The predicted molar refractivity (Wildman–Crippen MR) is 105 cm³/mol. The lowest BCUT2D eigenvalue weighted by Gasteiger charge is -2.33. The zero-order valence-electron chi connectivity index (χ0n) is 15.3. The summed E-state index contributed by atoms with van der Waals surface area (Å²) < 4.78 is 0. The fraction of sp³-hybridized carbons (Fsp3) is 0.632. The minimum atomic E-state index is 0.173. The lowest BCUT2D eigenvalue weighted by Crippen LogP contribution is -2.48. The highest BCUT2D eigenvalue weighted by atomic mass is 35.5. The zero-order valence-corrected chi connectivity index (χ0v) is 16.1. The van der Waals surface area contributed by atoms with Crippen LogP contribution in [0.5, 0.6) is 0 Å². The molecule has 0 radical (unpaired) electrons. The summed E-state index contributed by atoms with van der Waals surface area (Å²) in [5.41, 5.74) is 1.31. The molecule has 1 aromatic carbocycles. The summed E-state index contributed by atoms with van der Waals surface area (Å²) in [5.74, 6) is 1.05. The van der Waals surface area contributed by atoms with Gasteiger partial charge in [0, 0.05) is 50.4 Å². The van der Waals surface area contributed by atoms with Crippen molar-refractivity contribution in [3.8, 4) is 0 Å². The van der Waals surface area contributed by atoms with E-state index in [9.17, 15) is 0 Å². The molecule has 3 N–H and O–H groups in total. The van der Waals surface area contributed by atoms with Crippen LogP contribution in [0.2, 0.25) is 5.02 Å². The summed E-state index contributed by atoms with van der Waals surface area (Å²) in [4.78, 5) is 7.07. The lowest BCUT2D eigenvalue weighted by atomic mass is 10.0. The lowest BCUT2D eigenvalue weighted by molar-refractivity contribution is 0.198. The maximum atomic E-state index is 9.14. The average Bonchev–Trinajstić information content (AvgIpc) is 2.63. The number of hydrogen-bond acceptors (Lipinski definition) is 3. The average molecular weight is 367 g/mol. The minimum Gasteiger partial charge on any atom is -0.396 e. The molecule has 1 aliphatic rings. The van der Waals surface area contributed by atoms with E-state index in [2.05, 4.69) is 39.6 Å². The Balaban J connectivity index is 1.78. The Morgan fingerprint density at radius 3 is 2.60 bits per heavy atom. The van der Waals surface area contributed by atoms with E-state index in [0.717, 1.165) is 50.0 Å². The first-order valence-electron chi connectivity index (χ1n) is 9.23. The van der Waals surface area contributed by atoms with Crippen molar-refractivity contribution < 1.29 is 5.11 Å². The standard InChI is InChI=1S/C19H31ClN4O/c1-3-21-19(22-12-15(2)14-25)23-18-8-10-24(11-9-18)13-16-4-6-17(20)7-5-16/h4-7,15,18,25H,3,8-14H2,1-2H3,(H2,21,22,23). The Morgan fingerprint density at radius 2 is 2.00 bits per heavy atom. The number of aliphatic hydroxyl groups excluding tert-OH is 1. The highest BCUT2D eigenvalue weighted by Gasteiger charge is 2.20. The van der Waals surface area contributed by atoms with Gasteiger partial charge in [-0.15, -0.1) is 0 Å². The Labute approximate surface area is 156 Å². The maximum Gasteiger partial charge on any atom is 0.191 e. The van der Waals surface area contributed by atoms with Crippen LogP contribution in [0.1, 0.15) is 32.3 Å². The van der Waals surface area contributed by atoms with Crippen molar-refractivity contribution >= 4 is 17.6 Å². The van der Waals surface area contributed by atoms with Gasteiger partial charge in [0.2, 0.25) is 0 Å². The predicted octanol–water partition coefficient (Wildman–Crippen LogP) is 2.49. The molecule has 6 heteroatoms. The summed E-state index contributed by atoms with van der Waals surface area (Å²) in [6.45, 7) is 8.86. The SMILES string of the molecule is CCNC(=NCC(C)CO)NC1CCN(Cc2ccc(Cl)cc2)CC1. The highest BCUT2D eigenvalue weighted by molar-refractivity contribution is 6.30. The van der Waals surface area contributed by atoms with Gasteiger partial charge >= 0.3 is 0 Å². The van der Waals surface area contributed by atoms with Crippen molar-refractivity contribution in [3.05, 3.63) is 34.9 Å². The second-order valence-electron chi connectivity index (χ2n) is 6.83. The van der Waals surface area contributed by atoms with Crippen LogP contribution >= 0.6 is 11.6 Å². The van der Waals surface area contributed by atoms with Crippen LogP contribution in [0.15, 0.2) is 29.3 Å². The zero-order chi connectivity index (χ0) is 18.1. The van der Waals surface area contributed by atoms with Crippen LogP contribution in [-0.4, -0.2) is 54.8 Å². The Morgan fingerprint density at radius 1 is 1.32 bits per heavy atom. The van der Waals surface area contributed by atoms with E-state index in [1.165, 1.54) is 5.56 Å².